The predicted molar refractivity (Wildman–Crippen MR) is 68.9 cm³/mol. The van der Waals surface area contributed by atoms with Crippen LogP contribution in [0.15, 0.2) is 18.2 Å². The average Bonchev–Trinajstić information content (AvgIpc) is 2.75. The van der Waals surface area contributed by atoms with Crippen molar-refractivity contribution >= 4 is 28.4 Å². The zero-order chi connectivity index (χ0) is 12.7. The summed E-state index contributed by atoms with van der Waals surface area (Å²) in [4.78, 5) is 14.9. The van der Waals surface area contributed by atoms with E-state index in [-0.39, 0.29) is 11.8 Å². The van der Waals surface area contributed by atoms with E-state index in [0.717, 1.165) is 41.4 Å². The first-order chi connectivity index (χ1) is 8.70. The molecule has 2 aromatic rings. The van der Waals surface area contributed by atoms with Gasteiger partial charge in [0.1, 0.15) is 0 Å². The highest BCUT2D eigenvalue weighted by Crippen LogP contribution is 2.36. The topological polar surface area (TPSA) is 65.1 Å². The van der Waals surface area contributed by atoms with Crippen molar-refractivity contribution in [1.29, 1.82) is 0 Å². The molecule has 18 heavy (non-hydrogen) atoms. The van der Waals surface area contributed by atoms with E-state index in [0.29, 0.717) is 5.02 Å². The minimum Gasteiger partial charge on any atom is -0.357 e. The van der Waals surface area contributed by atoms with Crippen LogP contribution in [0.4, 0.5) is 0 Å². The van der Waals surface area contributed by atoms with Crippen LogP contribution in [0.25, 0.3) is 10.9 Å². The highest BCUT2D eigenvalue weighted by atomic mass is 35.5. The second-order valence-electron chi connectivity index (χ2n) is 4.63. The third-order valence-electron chi connectivity index (χ3n) is 3.60. The number of benzene rings is 1. The standard InChI is InChI=1S/C13H13ClN2O2/c14-7-4-5-11-10(6-7)8-2-1-3-9(12(8)15-11)13(17)16-18/h4-6,9,15,18H,1-3H2,(H,16,17). The maximum atomic E-state index is 11.7. The van der Waals surface area contributed by atoms with Crippen LogP contribution in [-0.4, -0.2) is 16.1 Å². The number of hydrogen-bond acceptors (Lipinski definition) is 2. The van der Waals surface area contributed by atoms with Gasteiger partial charge in [0.05, 0.1) is 5.92 Å². The molecule has 0 bridgehead atoms. The lowest BCUT2D eigenvalue weighted by Gasteiger charge is -2.20. The number of aryl methyl sites for hydroxylation is 1. The average molecular weight is 265 g/mol. The van der Waals surface area contributed by atoms with Gasteiger partial charge >= 0.3 is 0 Å². The first-order valence-corrected chi connectivity index (χ1v) is 6.32. The van der Waals surface area contributed by atoms with E-state index in [4.69, 9.17) is 16.8 Å². The van der Waals surface area contributed by atoms with E-state index >= 15 is 0 Å². The Morgan fingerprint density at radius 3 is 3.11 bits per heavy atom. The van der Waals surface area contributed by atoms with Crippen molar-refractivity contribution < 1.29 is 10.0 Å². The molecule has 1 unspecified atom stereocenters. The number of rotatable bonds is 1. The van der Waals surface area contributed by atoms with Crippen LogP contribution in [0, 0.1) is 0 Å². The third-order valence-corrected chi connectivity index (χ3v) is 3.83. The molecular formula is C13H13ClN2O2. The number of halogens is 1. The van der Waals surface area contributed by atoms with Gasteiger partial charge in [-0.3, -0.25) is 10.0 Å². The number of carbonyl (C=O) groups is 1. The maximum absolute atomic E-state index is 11.7. The summed E-state index contributed by atoms with van der Waals surface area (Å²) in [6.45, 7) is 0. The van der Waals surface area contributed by atoms with Crippen LogP contribution >= 0.6 is 11.6 Å². The Morgan fingerprint density at radius 2 is 2.33 bits per heavy atom. The number of aromatic amines is 1. The Kier molecular flexibility index (Phi) is 2.76. The Balaban J connectivity index is 2.18. The fourth-order valence-corrected chi connectivity index (χ4v) is 2.95. The van der Waals surface area contributed by atoms with Crippen LogP contribution in [0.1, 0.15) is 30.0 Å². The van der Waals surface area contributed by atoms with Crippen LogP contribution < -0.4 is 5.48 Å². The number of H-pyrrole nitrogens is 1. The van der Waals surface area contributed by atoms with E-state index in [1.54, 1.807) is 5.48 Å². The summed E-state index contributed by atoms with van der Waals surface area (Å²) in [6.07, 6.45) is 2.62. The molecule has 1 heterocycles. The molecule has 1 atom stereocenters. The van der Waals surface area contributed by atoms with Gasteiger partial charge in [0.25, 0.3) is 5.91 Å². The maximum Gasteiger partial charge on any atom is 0.252 e. The van der Waals surface area contributed by atoms with Gasteiger partial charge in [-0.1, -0.05) is 11.6 Å². The van der Waals surface area contributed by atoms with Crippen LogP contribution in [0.5, 0.6) is 0 Å². The van der Waals surface area contributed by atoms with E-state index in [2.05, 4.69) is 4.98 Å². The molecule has 5 heteroatoms. The quantitative estimate of drug-likeness (QED) is 0.548. The molecular weight excluding hydrogens is 252 g/mol. The van der Waals surface area contributed by atoms with Crippen molar-refractivity contribution in [2.24, 2.45) is 0 Å². The molecule has 0 radical (unpaired) electrons. The smallest absolute Gasteiger partial charge is 0.252 e. The molecule has 1 aliphatic carbocycles. The lowest BCUT2D eigenvalue weighted by molar-refractivity contribution is -0.131. The molecule has 4 nitrogen and oxygen atoms in total. The normalized spacial score (nSPS) is 18.7. The monoisotopic (exact) mass is 264 g/mol. The fourth-order valence-electron chi connectivity index (χ4n) is 2.77. The molecule has 0 saturated carbocycles. The second kappa shape index (κ2) is 4.30. The predicted octanol–water partition coefficient (Wildman–Crippen LogP) is 2.75. The fraction of sp³-hybridized carbons (Fsp3) is 0.308. The molecule has 0 saturated heterocycles. The SMILES string of the molecule is O=C(NO)C1CCCc2c1[nH]c1ccc(Cl)cc21. The van der Waals surface area contributed by atoms with Crippen LogP contribution in [0.2, 0.25) is 5.02 Å². The van der Waals surface area contributed by atoms with Gasteiger partial charge in [-0.2, -0.15) is 0 Å². The second-order valence-corrected chi connectivity index (χ2v) is 5.06. The van der Waals surface area contributed by atoms with E-state index < -0.39 is 0 Å². The van der Waals surface area contributed by atoms with Gasteiger partial charge in [0.15, 0.2) is 0 Å². The number of amides is 1. The Bertz CT molecular complexity index is 621. The lowest BCUT2D eigenvalue weighted by Crippen LogP contribution is -2.28. The molecule has 3 rings (SSSR count). The Hall–Kier alpha value is -1.52. The first-order valence-electron chi connectivity index (χ1n) is 5.94. The van der Waals surface area contributed by atoms with Crippen molar-refractivity contribution in [3.05, 3.63) is 34.5 Å². The first kappa shape index (κ1) is 11.6. The van der Waals surface area contributed by atoms with E-state index in [9.17, 15) is 4.79 Å². The summed E-state index contributed by atoms with van der Waals surface area (Å²) in [6, 6.07) is 5.67. The number of nitrogens with one attached hydrogen (secondary N) is 2. The van der Waals surface area contributed by atoms with Gasteiger partial charge in [-0.05, 0) is 43.0 Å². The number of aromatic nitrogens is 1. The number of hydrogen-bond donors (Lipinski definition) is 3. The van der Waals surface area contributed by atoms with E-state index in [1.807, 2.05) is 18.2 Å². The van der Waals surface area contributed by atoms with Gasteiger partial charge in [0.2, 0.25) is 0 Å². The van der Waals surface area contributed by atoms with Gasteiger partial charge in [-0.15, -0.1) is 0 Å². The summed E-state index contributed by atoms with van der Waals surface area (Å²) in [5, 5.41) is 10.6. The van der Waals surface area contributed by atoms with Crippen LogP contribution in [-0.2, 0) is 11.2 Å². The zero-order valence-electron chi connectivity index (χ0n) is 9.66. The Morgan fingerprint density at radius 1 is 1.50 bits per heavy atom. The summed E-state index contributed by atoms with van der Waals surface area (Å²) in [5.41, 5.74) is 4.79. The van der Waals surface area contributed by atoms with E-state index in [1.165, 1.54) is 0 Å². The summed E-state index contributed by atoms with van der Waals surface area (Å²) in [5.74, 6) is -0.654. The minimum atomic E-state index is -0.353. The molecule has 1 aliphatic rings. The molecule has 94 valence electrons. The molecule has 1 aromatic carbocycles. The third kappa shape index (κ3) is 1.69. The number of carbonyl (C=O) groups excluding carboxylic acids is 1. The molecule has 3 N–H and O–H groups in total. The van der Waals surface area contributed by atoms with Crippen LogP contribution in [0.3, 0.4) is 0 Å². The lowest BCUT2D eigenvalue weighted by atomic mass is 9.86. The summed E-state index contributed by atoms with van der Waals surface area (Å²) < 4.78 is 0. The molecule has 1 amide bonds. The Labute approximate surface area is 109 Å². The minimum absolute atomic E-state index is 0.301. The van der Waals surface area contributed by atoms with Gasteiger partial charge in [0, 0.05) is 21.6 Å². The molecule has 0 spiro atoms. The largest absolute Gasteiger partial charge is 0.357 e. The van der Waals surface area contributed by atoms with Crippen molar-refractivity contribution in [2.45, 2.75) is 25.2 Å². The number of fused-ring (bicyclic) bond motifs is 3. The van der Waals surface area contributed by atoms with Gasteiger partial charge < -0.3 is 4.98 Å². The zero-order valence-corrected chi connectivity index (χ0v) is 10.4. The molecule has 1 aromatic heterocycles. The van der Waals surface area contributed by atoms with Crippen molar-refractivity contribution in [3.8, 4) is 0 Å². The highest BCUT2D eigenvalue weighted by molar-refractivity contribution is 6.31. The van der Waals surface area contributed by atoms with Crippen molar-refractivity contribution in [1.82, 2.24) is 10.5 Å². The summed E-state index contributed by atoms with van der Waals surface area (Å²) >= 11 is 6.01. The summed E-state index contributed by atoms with van der Waals surface area (Å²) in [7, 11) is 0. The van der Waals surface area contributed by atoms with Crippen molar-refractivity contribution in [3.63, 3.8) is 0 Å². The molecule has 0 aliphatic heterocycles. The van der Waals surface area contributed by atoms with Gasteiger partial charge in [-0.25, -0.2) is 5.48 Å². The van der Waals surface area contributed by atoms with Crippen molar-refractivity contribution in [2.75, 3.05) is 0 Å². The number of hydroxylamine groups is 1. The molecule has 0 fully saturated rings. The highest BCUT2D eigenvalue weighted by Gasteiger charge is 2.29.